The van der Waals surface area contributed by atoms with E-state index in [1.165, 1.54) is 0 Å². The number of hydrogen-bond acceptors (Lipinski definition) is 15. The zero-order valence-electron chi connectivity index (χ0n) is 22.5. The summed E-state index contributed by atoms with van der Waals surface area (Å²) >= 11 is 0. The van der Waals surface area contributed by atoms with E-state index in [0.717, 1.165) is 5.01 Å². The molecule has 16 heteroatoms. The van der Waals surface area contributed by atoms with Gasteiger partial charge in [0.1, 0.15) is 13.2 Å². The number of carbonyl (C=O) groups excluding carboxylic acids is 2. The normalized spacial score (nSPS) is 15.1. The number of aliphatic hydroxyl groups excluding tert-OH is 1. The van der Waals surface area contributed by atoms with Crippen molar-refractivity contribution in [2.45, 2.75) is 6.10 Å². The summed E-state index contributed by atoms with van der Waals surface area (Å²) in [4.78, 5) is 22.5. The molecule has 1 aliphatic rings. The van der Waals surface area contributed by atoms with Crippen LogP contribution in [0.15, 0.2) is 0 Å². The Balaban J connectivity index is 1.67. The molecule has 1 amide bonds. The number of nitrogens with two attached hydrogens (primary N) is 1. The number of nitrogens with zero attached hydrogens (tertiary/aromatic N) is 1. The molecule has 0 bridgehead atoms. The summed E-state index contributed by atoms with van der Waals surface area (Å²) in [6.07, 6.45) is -2.15. The molecule has 16 nitrogen and oxygen atoms in total. The van der Waals surface area contributed by atoms with E-state index in [1.807, 2.05) is 0 Å². The average Bonchev–Trinajstić information content (AvgIpc) is 3.26. The summed E-state index contributed by atoms with van der Waals surface area (Å²) in [5.41, 5.74) is 0. The van der Waals surface area contributed by atoms with Crippen molar-refractivity contribution in [3.8, 4) is 0 Å². The fourth-order valence-electron chi connectivity index (χ4n) is 2.72. The summed E-state index contributed by atoms with van der Waals surface area (Å²) < 4.78 is 57.1. The van der Waals surface area contributed by atoms with Crippen LogP contribution in [0.3, 0.4) is 0 Å². The molecule has 39 heavy (non-hydrogen) atoms. The van der Waals surface area contributed by atoms with Crippen LogP contribution in [-0.2, 0) is 52.1 Å². The fraction of sp³-hybridized carbons (Fsp3) is 0.913. The molecule has 1 aliphatic heterocycles. The van der Waals surface area contributed by atoms with Crippen molar-refractivity contribution in [2.75, 3.05) is 132 Å². The van der Waals surface area contributed by atoms with Gasteiger partial charge in [-0.05, 0) is 0 Å². The van der Waals surface area contributed by atoms with Crippen LogP contribution in [0.1, 0.15) is 0 Å². The molecule has 0 spiro atoms. The van der Waals surface area contributed by atoms with Crippen molar-refractivity contribution >= 4 is 12.2 Å². The molecule has 1 heterocycles. The fourth-order valence-corrected chi connectivity index (χ4v) is 2.72. The third kappa shape index (κ3) is 22.6. The van der Waals surface area contributed by atoms with E-state index in [-0.39, 0.29) is 33.0 Å². The molecule has 1 fully saturated rings. The number of amides is 1. The van der Waals surface area contributed by atoms with Crippen LogP contribution in [0.25, 0.3) is 0 Å². The topological polar surface area (TPSA) is 185 Å². The van der Waals surface area contributed by atoms with Gasteiger partial charge in [0.25, 0.3) is 0 Å². The van der Waals surface area contributed by atoms with Gasteiger partial charge in [-0.15, -0.1) is 0 Å². The quantitative estimate of drug-likeness (QED) is 0.0501. The highest BCUT2D eigenvalue weighted by Crippen LogP contribution is 2.07. The zero-order valence-corrected chi connectivity index (χ0v) is 22.5. The number of ether oxygens (including phenoxy) is 11. The Morgan fingerprint density at radius 3 is 1.36 bits per heavy atom. The van der Waals surface area contributed by atoms with Gasteiger partial charge in [0.05, 0.1) is 119 Å². The van der Waals surface area contributed by atoms with Crippen molar-refractivity contribution in [3.63, 3.8) is 0 Å². The van der Waals surface area contributed by atoms with E-state index < -0.39 is 18.4 Å². The summed E-state index contributed by atoms with van der Waals surface area (Å²) in [6, 6.07) is 0. The van der Waals surface area contributed by atoms with E-state index in [0.29, 0.717) is 99.1 Å². The highest BCUT2D eigenvalue weighted by atomic mass is 16.7. The predicted molar refractivity (Wildman–Crippen MR) is 132 cm³/mol. The van der Waals surface area contributed by atoms with Crippen molar-refractivity contribution < 1.29 is 66.8 Å². The molecule has 0 aromatic heterocycles. The van der Waals surface area contributed by atoms with Gasteiger partial charge in [0, 0.05) is 0 Å². The van der Waals surface area contributed by atoms with Gasteiger partial charge < -0.3 is 57.2 Å². The Kier molecular flexibility index (Phi) is 23.8. The second-order valence-electron chi connectivity index (χ2n) is 7.69. The maximum Gasteiger partial charge on any atom is 0.508 e. The Hall–Kier alpha value is -1.86. The van der Waals surface area contributed by atoms with Crippen LogP contribution < -0.4 is 5.84 Å². The minimum Gasteiger partial charge on any atom is -0.440 e. The standard InChI is InChI=1S/C23H44N2O14/c24-25-19-21(39-22(25)27)20-38-23(28)37-18-17-36-16-15-35-14-13-34-12-11-33-10-9-32-8-7-31-6-5-30-4-3-29-2-1-26/h21,26H,1-20,24H2/t21-/m0/s1. The lowest BCUT2D eigenvalue weighted by molar-refractivity contribution is -0.0259. The first-order valence-corrected chi connectivity index (χ1v) is 12.9. The number of aliphatic hydroxyl groups is 1. The highest BCUT2D eigenvalue weighted by Gasteiger charge is 2.30. The molecule has 230 valence electrons. The number of hydrazine groups is 1. The SMILES string of the molecule is NN1C[C@@H](COC(=O)OCCOCCOCCOCCOCCOCCOCCOCCOCCO)OC1=O. The number of rotatable bonds is 28. The number of hydrogen-bond donors (Lipinski definition) is 2. The summed E-state index contributed by atoms with van der Waals surface area (Å²) in [6.45, 7) is 6.86. The van der Waals surface area contributed by atoms with Crippen molar-refractivity contribution in [1.82, 2.24) is 5.01 Å². The van der Waals surface area contributed by atoms with Crippen LogP contribution in [-0.4, -0.2) is 161 Å². The first-order valence-electron chi connectivity index (χ1n) is 12.9. The molecule has 0 aliphatic carbocycles. The largest absolute Gasteiger partial charge is 0.508 e. The third-order valence-electron chi connectivity index (χ3n) is 4.58. The number of cyclic esters (lactones) is 1. The zero-order chi connectivity index (χ0) is 28.2. The minimum atomic E-state index is -0.878. The lowest BCUT2D eigenvalue weighted by Crippen LogP contribution is -2.32. The lowest BCUT2D eigenvalue weighted by atomic mass is 10.4. The van der Waals surface area contributed by atoms with E-state index in [9.17, 15) is 9.59 Å². The Bertz CT molecular complexity index is 589. The first kappa shape index (κ1) is 35.2. The van der Waals surface area contributed by atoms with Crippen LogP contribution in [0, 0.1) is 0 Å². The second kappa shape index (κ2) is 26.4. The first-order chi connectivity index (χ1) is 19.1. The summed E-state index contributed by atoms with van der Waals surface area (Å²) in [5.74, 6) is 5.34. The monoisotopic (exact) mass is 572 g/mol. The van der Waals surface area contributed by atoms with Gasteiger partial charge in [-0.25, -0.2) is 20.4 Å². The maximum absolute atomic E-state index is 11.4. The molecule has 0 radical (unpaired) electrons. The van der Waals surface area contributed by atoms with Crippen LogP contribution in [0.2, 0.25) is 0 Å². The van der Waals surface area contributed by atoms with Crippen molar-refractivity contribution in [1.29, 1.82) is 0 Å². The predicted octanol–water partition coefficient (Wildman–Crippen LogP) is -1.04. The molecule has 1 rings (SSSR count). The Morgan fingerprint density at radius 2 is 1.03 bits per heavy atom. The maximum atomic E-state index is 11.4. The van der Waals surface area contributed by atoms with Gasteiger partial charge in [0.2, 0.25) is 0 Å². The third-order valence-corrected chi connectivity index (χ3v) is 4.58. The van der Waals surface area contributed by atoms with E-state index in [4.69, 9.17) is 63.1 Å². The number of carbonyl (C=O) groups is 2. The van der Waals surface area contributed by atoms with Gasteiger partial charge in [-0.1, -0.05) is 0 Å². The lowest BCUT2D eigenvalue weighted by Gasteiger charge is -2.10. The summed E-state index contributed by atoms with van der Waals surface area (Å²) in [5, 5.41) is 9.45. The average molecular weight is 573 g/mol. The van der Waals surface area contributed by atoms with E-state index in [2.05, 4.69) is 0 Å². The van der Waals surface area contributed by atoms with Crippen molar-refractivity contribution in [2.24, 2.45) is 5.84 Å². The molecule has 0 aromatic carbocycles. The van der Waals surface area contributed by atoms with Crippen LogP contribution in [0.5, 0.6) is 0 Å². The molecule has 1 atom stereocenters. The van der Waals surface area contributed by atoms with E-state index in [1.54, 1.807) is 0 Å². The molecular weight excluding hydrogens is 528 g/mol. The molecule has 0 saturated carbocycles. The second-order valence-corrected chi connectivity index (χ2v) is 7.69. The van der Waals surface area contributed by atoms with E-state index >= 15 is 0 Å². The Labute approximate surface area is 228 Å². The molecule has 0 unspecified atom stereocenters. The van der Waals surface area contributed by atoms with Gasteiger partial charge >= 0.3 is 12.2 Å². The van der Waals surface area contributed by atoms with Gasteiger partial charge in [-0.2, -0.15) is 0 Å². The van der Waals surface area contributed by atoms with Crippen LogP contribution >= 0.6 is 0 Å². The summed E-state index contributed by atoms with van der Waals surface area (Å²) in [7, 11) is 0. The molecule has 1 saturated heterocycles. The van der Waals surface area contributed by atoms with Crippen molar-refractivity contribution in [3.05, 3.63) is 0 Å². The molecule has 3 N–H and O–H groups in total. The minimum absolute atomic E-state index is 0.0144. The molecule has 0 aromatic rings. The van der Waals surface area contributed by atoms with Gasteiger partial charge in [0.15, 0.2) is 6.10 Å². The van der Waals surface area contributed by atoms with Gasteiger partial charge in [-0.3, -0.25) is 0 Å². The Morgan fingerprint density at radius 1 is 0.667 bits per heavy atom. The smallest absolute Gasteiger partial charge is 0.440 e. The molecular formula is C23H44N2O14. The highest BCUT2D eigenvalue weighted by molar-refractivity contribution is 5.69. The van der Waals surface area contributed by atoms with Crippen LogP contribution in [0.4, 0.5) is 9.59 Å².